The lowest BCUT2D eigenvalue weighted by molar-refractivity contribution is -0.124. The van der Waals surface area contributed by atoms with Crippen LogP contribution in [0.4, 0.5) is 0 Å². The Morgan fingerprint density at radius 2 is 2.15 bits per heavy atom. The molecule has 2 aromatic rings. The maximum absolute atomic E-state index is 11.0. The number of aryl methyl sites for hydroxylation is 1. The Hall–Kier alpha value is -2.40. The van der Waals surface area contributed by atoms with Crippen LogP contribution in [0.15, 0.2) is 30.3 Å². The van der Waals surface area contributed by atoms with Gasteiger partial charge < -0.3 is 4.57 Å². The number of hydrogen-bond donors (Lipinski definition) is 2. The number of amides is 1. The Bertz CT molecular complexity index is 672. The monoisotopic (exact) mass is 271 g/mol. The summed E-state index contributed by atoms with van der Waals surface area (Å²) >= 11 is 0. The molecule has 0 bridgehead atoms. The van der Waals surface area contributed by atoms with Gasteiger partial charge in [0.05, 0.1) is 5.69 Å². The molecule has 0 spiro atoms. The zero-order valence-electron chi connectivity index (χ0n) is 11.7. The molecule has 2 N–H and O–H groups in total. The topological polar surface area (TPSA) is 67.2 Å². The maximum Gasteiger partial charge on any atom is 0.267 e. The van der Waals surface area contributed by atoms with Crippen molar-refractivity contribution >= 4 is 12.0 Å². The lowest BCUT2D eigenvalue weighted by Gasteiger charge is -2.04. The Balaban J connectivity index is 2.37. The Morgan fingerprint density at radius 3 is 2.75 bits per heavy atom. The minimum atomic E-state index is -0.556. The summed E-state index contributed by atoms with van der Waals surface area (Å²) in [5.41, 5.74) is 5.53. The summed E-state index contributed by atoms with van der Waals surface area (Å²) in [6.45, 7) is 4.01. The van der Waals surface area contributed by atoms with E-state index in [4.69, 9.17) is 5.21 Å². The van der Waals surface area contributed by atoms with Crippen molar-refractivity contribution in [2.45, 2.75) is 13.8 Å². The lowest BCUT2D eigenvalue weighted by Crippen LogP contribution is -2.14. The van der Waals surface area contributed by atoms with Crippen LogP contribution >= 0.6 is 0 Å². The first-order valence-electron chi connectivity index (χ1n) is 6.25. The third-order valence-electron chi connectivity index (χ3n) is 3.30. The number of carbonyl (C=O) groups is 1. The van der Waals surface area contributed by atoms with Crippen LogP contribution in [0, 0.1) is 13.8 Å². The van der Waals surface area contributed by atoms with Crippen LogP contribution in [0.1, 0.15) is 17.0 Å². The van der Waals surface area contributed by atoms with E-state index < -0.39 is 5.91 Å². The molecule has 1 aromatic carbocycles. The molecule has 104 valence electrons. The van der Waals surface area contributed by atoms with E-state index in [1.54, 1.807) is 11.6 Å². The summed E-state index contributed by atoms with van der Waals surface area (Å²) in [5.74, 6) is 0.334. The van der Waals surface area contributed by atoms with Crippen molar-refractivity contribution in [1.29, 1.82) is 0 Å². The van der Waals surface area contributed by atoms with Gasteiger partial charge in [-0.15, -0.1) is 0 Å². The molecule has 0 radical (unpaired) electrons. The number of aromatic nitrogens is 2. The van der Waals surface area contributed by atoms with Crippen LogP contribution in [0.25, 0.3) is 17.5 Å². The van der Waals surface area contributed by atoms with Crippen molar-refractivity contribution in [2.75, 3.05) is 0 Å². The highest BCUT2D eigenvalue weighted by atomic mass is 16.5. The molecule has 0 saturated heterocycles. The molecule has 0 aliphatic rings. The van der Waals surface area contributed by atoms with Gasteiger partial charge in [-0.3, -0.25) is 10.0 Å². The molecule has 1 amide bonds. The van der Waals surface area contributed by atoms with E-state index in [0.717, 1.165) is 28.3 Å². The van der Waals surface area contributed by atoms with Crippen molar-refractivity contribution in [3.63, 3.8) is 0 Å². The van der Waals surface area contributed by atoms with E-state index in [9.17, 15) is 4.79 Å². The van der Waals surface area contributed by atoms with Crippen LogP contribution in [-0.4, -0.2) is 20.7 Å². The van der Waals surface area contributed by atoms with Gasteiger partial charge in [-0.1, -0.05) is 18.2 Å². The summed E-state index contributed by atoms with van der Waals surface area (Å²) in [7, 11) is 1.98. The minimum Gasteiger partial charge on any atom is -0.331 e. The number of imidazole rings is 1. The maximum atomic E-state index is 11.0. The minimum absolute atomic E-state index is 0.556. The number of nitrogens with one attached hydrogen (secondary N) is 1. The third kappa shape index (κ3) is 2.78. The van der Waals surface area contributed by atoms with Crippen molar-refractivity contribution in [3.8, 4) is 11.4 Å². The second kappa shape index (κ2) is 5.71. The zero-order chi connectivity index (χ0) is 14.7. The molecule has 5 nitrogen and oxygen atoms in total. The number of nitrogens with zero attached hydrogens (tertiary/aromatic N) is 2. The fraction of sp³-hybridized carbons (Fsp3) is 0.200. The summed E-state index contributed by atoms with van der Waals surface area (Å²) in [4.78, 5) is 15.5. The summed E-state index contributed by atoms with van der Waals surface area (Å²) in [6.07, 6.45) is 2.91. The first-order valence-corrected chi connectivity index (χ1v) is 6.25. The molecular weight excluding hydrogens is 254 g/mol. The molecule has 0 saturated carbocycles. The van der Waals surface area contributed by atoms with Crippen LogP contribution in [0.5, 0.6) is 0 Å². The molecule has 5 heteroatoms. The highest BCUT2D eigenvalue weighted by Crippen LogP contribution is 2.22. The van der Waals surface area contributed by atoms with Gasteiger partial charge in [0.15, 0.2) is 0 Å². The fourth-order valence-electron chi connectivity index (χ4n) is 1.97. The van der Waals surface area contributed by atoms with Crippen molar-refractivity contribution in [1.82, 2.24) is 15.0 Å². The quantitative estimate of drug-likeness (QED) is 0.511. The SMILES string of the molecule is Cc1nc(-c2cccc(C=CC(=O)NO)c2)n(C)c1C. The molecule has 0 fully saturated rings. The predicted octanol–water partition coefficient (Wildman–Crippen LogP) is 2.22. The van der Waals surface area contributed by atoms with E-state index in [0.29, 0.717) is 0 Å². The average Bonchev–Trinajstić information content (AvgIpc) is 2.72. The largest absolute Gasteiger partial charge is 0.331 e. The molecule has 2 rings (SSSR count). The van der Waals surface area contributed by atoms with E-state index >= 15 is 0 Å². The van der Waals surface area contributed by atoms with E-state index in [2.05, 4.69) is 4.98 Å². The van der Waals surface area contributed by atoms with E-state index in [1.165, 1.54) is 6.08 Å². The average molecular weight is 271 g/mol. The summed E-state index contributed by atoms with van der Waals surface area (Å²) < 4.78 is 2.04. The van der Waals surface area contributed by atoms with Gasteiger partial charge in [0.25, 0.3) is 5.91 Å². The second-order valence-corrected chi connectivity index (χ2v) is 4.60. The first kappa shape index (κ1) is 14.0. The van der Waals surface area contributed by atoms with Gasteiger partial charge in [-0.25, -0.2) is 10.5 Å². The van der Waals surface area contributed by atoms with E-state index in [1.807, 2.05) is 49.7 Å². The lowest BCUT2D eigenvalue weighted by atomic mass is 10.1. The third-order valence-corrected chi connectivity index (χ3v) is 3.30. The normalized spacial score (nSPS) is 11.0. The summed E-state index contributed by atoms with van der Waals surface area (Å²) in [6, 6.07) is 7.71. The zero-order valence-corrected chi connectivity index (χ0v) is 11.7. The van der Waals surface area contributed by atoms with Crippen LogP contribution in [-0.2, 0) is 11.8 Å². The van der Waals surface area contributed by atoms with Crippen molar-refractivity contribution in [3.05, 3.63) is 47.3 Å². The van der Waals surface area contributed by atoms with Gasteiger partial charge in [0.2, 0.25) is 0 Å². The molecule has 0 unspecified atom stereocenters. The molecule has 1 aromatic heterocycles. The molecule has 0 atom stereocenters. The van der Waals surface area contributed by atoms with Crippen LogP contribution in [0.2, 0.25) is 0 Å². The molecule has 0 aliphatic carbocycles. The van der Waals surface area contributed by atoms with Crippen molar-refractivity contribution in [2.24, 2.45) is 7.05 Å². The number of hydrogen-bond acceptors (Lipinski definition) is 3. The van der Waals surface area contributed by atoms with Gasteiger partial charge >= 0.3 is 0 Å². The van der Waals surface area contributed by atoms with Crippen LogP contribution in [0.3, 0.4) is 0 Å². The Kier molecular flexibility index (Phi) is 4.00. The number of benzene rings is 1. The highest BCUT2D eigenvalue weighted by molar-refractivity contribution is 5.91. The van der Waals surface area contributed by atoms with Gasteiger partial charge in [0.1, 0.15) is 5.82 Å². The number of hydroxylamine groups is 1. The van der Waals surface area contributed by atoms with E-state index in [-0.39, 0.29) is 0 Å². The first-order chi connectivity index (χ1) is 9.52. The van der Waals surface area contributed by atoms with Crippen molar-refractivity contribution < 1.29 is 10.0 Å². The number of rotatable bonds is 3. The predicted molar refractivity (Wildman–Crippen MR) is 77.1 cm³/mol. The fourth-order valence-corrected chi connectivity index (χ4v) is 1.97. The summed E-state index contributed by atoms with van der Waals surface area (Å²) in [5, 5.41) is 8.45. The Morgan fingerprint density at radius 1 is 1.40 bits per heavy atom. The molecule has 1 heterocycles. The molecule has 0 aliphatic heterocycles. The number of carbonyl (C=O) groups excluding carboxylic acids is 1. The second-order valence-electron chi connectivity index (χ2n) is 4.60. The highest BCUT2D eigenvalue weighted by Gasteiger charge is 2.09. The van der Waals surface area contributed by atoms with Crippen LogP contribution < -0.4 is 5.48 Å². The molecule has 20 heavy (non-hydrogen) atoms. The van der Waals surface area contributed by atoms with Gasteiger partial charge in [0, 0.05) is 24.4 Å². The van der Waals surface area contributed by atoms with Gasteiger partial charge in [-0.2, -0.15) is 0 Å². The molecular formula is C15H17N3O2. The smallest absolute Gasteiger partial charge is 0.267 e. The van der Waals surface area contributed by atoms with Gasteiger partial charge in [-0.05, 0) is 31.6 Å². The Labute approximate surface area is 117 Å². The standard InChI is InChI=1S/C15H17N3O2/c1-10-11(2)18(3)15(16-10)13-6-4-5-12(9-13)7-8-14(19)17-20/h4-9,20H,1-3H3,(H,17,19).